The van der Waals surface area contributed by atoms with Crippen LogP contribution < -0.4 is 5.32 Å². The van der Waals surface area contributed by atoms with E-state index in [2.05, 4.69) is 16.6 Å². The first-order valence-electron chi connectivity index (χ1n) is 6.52. The number of nitro groups is 1. The van der Waals surface area contributed by atoms with Crippen molar-refractivity contribution in [2.75, 3.05) is 11.6 Å². The highest BCUT2D eigenvalue weighted by atomic mass is 32.2. The van der Waals surface area contributed by atoms with Gasteiger partial charge >= 0.3 is 0 Å². The summed E-state index contributed by atoms with van der Waals surface area (Å²) in [6.45, 7) is 1.71. The molecule has 6 heteroatoms. The van der Waals surface area contributed by atoms with Crippen LogP contribution in [0.5, 0.6) is 0 Å². The Bertz CT molecular complexity index is 467. The van der Waals surface area contributed by atoms with Crippen molar-refractivity contribution in [2.45, 2.75) is 43.9 Å². The van der Waals surface area contributed by atoms with Gasteiger partial charge in [-0.1, -0.05) is 12.8 Å². The maximum Gasteiger partial charge on any atom is 0.277 e. The molecule has 0 bridgehead atoms. The van der Waals surface area contributed by atoms with Crippen molar-refractivity contribution in [3.8, 4) is 0 Å². The second-order valence-corrected chi connectivity index (χ2v) is 6.00. The molecule has 0 aromatic carbocycles. The smallest absolute Gasteiger partial charge is 0.277 e. The lowest BCUT2D eigenvalue weighted by Crippen LogP contribution is -2.34. The van der Waals surface area contributed by atoms with Crippen LogP contribution in [0.1, 0.15) is 31.2 Å². The van der Waals surface area contributed by atoms with Gasteiger partial charge in [-0.25, -0.2) is 4.98 Å². The topological polar surface area (TPSA) is 68.1 Å². The molecule has 2 unspecified atom stereocenters. The van der Waals surface area contributed by atoms with Crippen molar-refractivity contribution in [2.24, 2.45) is 0 Å². The van der Waals surface area contributed by atoms with E-state index in [1.54, 1.807) is 19.2 Å². The second-order valence-electron chi connectivity index (χ2n) is 4.92. The van der Waals surface area contributed by atoms with Crippen molar-refractivity contribution < 1.29 is 4.92 Å². The average molecular weight is 281 g/mol. The molecule has 0 saturated heterocycles. The normalized spacial score (nSPS) is 23.1. The van der Waals surface area contributed by atoms with Gasteiger partial charge in [0.2, 0.25) is 0 Å². The van der Waals surface area contributed by atoms with Gasteiger partial charge in [-0.2, -0.15) is 11.8 Å². The molecule has 1 saturated carbocycles. The Hall–Kier alpha value is -1.30. The van der Waals surface area contributed by atoms with Gasteiger partial charge in [-0.05, 0) is 26.0 Å². The Balaban J connectivity index is 2.14. The van der Waals surface area contributed by atoms with Crippen LogP contribution >= 0.6 is 11.8 Å². The van der Waals surface area contributed by atoms with Gasteiger partial charge in [0.1, 0.15) is 5.82 Å². The summed E-state index contributed by atoms with van der Waals surface area (Å²) < 4.78 is 0. The zero-order valence-electron chi connectivity index (χ0n) is 11.3. The molecule has 0 aliphatic heterocycles. The van der Waals surface area contributed by atoms with E-state index in [1.807, 2.05) is 11.8 Å². The van der Waals surface area contributed by atoms with Crippen LogP contribution in [0, 0.1) is 17.0 Å². The van der Waals surface area contributed by atoms with Gasteiger partial charge in [0, 0.05) is 23.1 Å². The van der Waals surface area contributed by atoms with Crippen LogP contribution in [0.2, 0.25) is 0 Å². The van der Waals surface area contributed by atoms with Gasteiger partial charge in [0.15, 0.2) is 0 Å². The highest BCUT2D eigenvalue weighted by Gasteiger charge is 2.25. The Kier molecular flexibility index (Phi) is 4.63. The fraction of sp³-hybridized carbons (Fsp3) is 0.615. The minimum absolute atomic E-state index is 0.133. The number of rotatable bonds is 4. The first-order chi connectivity index (χ1) is 9.11. The van der Waals surface area contributed by atoms with E-state index < -0.39 is 0 Å². The van der Waals surface area contributed by atoms with Gasteiger partial charge < -0.3 is 5.32 Å². The number of nitrogens with zero attached hydrogens (tertiary/aromatic N) is 2. The van der Waals surface area contributed by atoms with Crippen LogP contribution in [0.4, 0.5) is 11.5 Å². The maximum atomic E-state index is 10.9. The molecule has 0 amide bonds. The molecule has 1 fully saturated rings. The predicted octanol–water partition coefficient (Wildman–Crippen LogP) is 3.38. The zero-order valence-corrected chi connectivity index (χ0v) is 12.1. The average Bonchev–Trinajstić information content (AvgIpc) is 2.41. The van der Waals surface area contributed by atoms with Crippen molar-refractivity contribution in [3.05, 3.63) is 27.9 Å². The molecule has 104 valence electrons. The summed E-state index contributed by atoms with van der Waals surface area (Å²) in [4.78, 5) is 14.8. The summed E-state index contributed by atoms with van der Waals surface area (Å²) in [6, 6.07) is 1.90. The van der Waals surface area contributed by atoms with Crippen molar-refractivity contribution in [1.82, 2.24) is 4.98 Å². The predicted molar refractivity (Wildman–Crippen MR) is 78.8 cm³/mol. The Labute approximate surface area is 117 Å². The maximum absolute atomic E-state index is 10.9. The Morgan fingerprint density at radius 2 is 2.21 bits per heavy atom. The number of anilines is 1. The quantitative estimate of drug-likeness (QED) is 0.677. The molecule has 0 spiro atoms. The molecule has 2 atom stereocenters. The highest BCUT2D eigenvalue weighted by Crippen LogP contribution is 2.30. The van der Waals surface area contributed by atoms with Crippen LogP contribution in [-0.2, 0) is 0 Å². The molecule has 1 heterocycles. The van der Waals surface area contributed by atoms with E-state index >= 15 is 0 Å². The van der Waals surface area contributed by atoms with Gasteiger partial charge in [0.05, 0.1) is 11.0 Å². The number of thioether (sulfide) groups is 1. The zero-order chi connectivity index (χ0) is 13.8. The molecular formula is C13H19N3O2S. The molecule has 1 N–H and O–H groups in total. The van der Waals surface area contributed by atoms with Crippen LogP contribution in [0.3, 0.4) is 0 Å². The number of nitrogens with one attached hydrogen (secondary N) is 1. The molecule has 19 heavy (non-hydrogen) atoms. The van der Waals surface area contributed by atoms with E-state index in [0.717, 1.165) is 6.42 Å². The third-order valence-electron chi connectivity index (χ3n) is 3.61. The second kappa shape index (κ2) is 6.23. The van der Waals surface area contributed by atoms with E-state index in [4.69, 9.17) is 0 Å². The van der Waals surface area contributed by atoms with Gasteiger partial charge in [-0.3, -0.25) is 10.1 Å². The first-order valence-corrected chi connectivity index (χ1v) is 7.81. The lowest BCUT2D eigenvalue weighted by molar-refractivity contribution is -0.385. The minimum atomic E-state index is -0.352. The van der Waals surface area contributed by atoms with Crippen molar-refractivity contribution >= 4 is 23.3 Å². The summed E-state index contributed by atoms with van der Waals surface area (Å²) in [7, 11) is 0. The monoisotopic (exact) mass is 281 g/mol. The Morgan fingerprint density at radius 1 is 1.47 bits per heavy atom. The van der Waals surface area contributed by atoms with Crippen LogP contribution in [0.25, 0.3) is 0 Å². The lowest BCUT2D eigenvalue weighted by Gasteiger charge is -2.31. The molecule has 1 aromatic rings. The van der Waals surface area contributed by atoms with E-state index in [0.29, 0.717) is 22.7 Å². The minimum Gasteiger partial charge on any atom is -0.366 e. The highest BCUT2D eigenvalue weighted by molar-refractivity contribution is 7.99. The molecule has 0 radical (unpaired) electrons. The van der Waals surface area contributed by atoms with Crippen molar-refractivity contribution in [3.63, 3.8) is 0 Å². The van der Waals surface area contributed by atoms with Crippen molar-refractivity contribution in [1.29, 1.82) is 0 Å². The first kappa shape index (κ1) is 14.1. The number of aryl methyl sites for hydroxylation is 1. The van der Waals surface area contributed by atoms with Gasteiger partial charge in [-0.15, -0.1) is 0 Å². The Morgan fingerprint density at radius 3 is 2.89 bits per heavy atom. The third-order valence-corrected chi connectivity index (χ3v) is 4.78. The molecule has 1 aliphatic rings. The molecule has 1 aliphatic carbocycles. The van der Waals surface area contributed by atoms with E-state index in [-0.39, 0.29) is 10.6 Å². The molecule has 2 rings (SSSR count). The number of hydrogen-bond acceptors (Lipinski definition) is 5. The SMILES string of the molecule is CSC1CCCCC1Nc1cc([N+](=O)[O-])c(C)cn1. The summed E-state index contributed by atoms with van der Waals surface area (Å²) in [6.07, 6.45) is 8.47. The lowest BCUT2D eigenvalue weighted by atomic mass is 9.95. The van der Waals surface area contributed by atoms with E-state index in [9.17, 15) is 10.1 Å². The fourth-order valence-corrected chi connectivity index (χ4v) is 3.46. The fourth-order valence-electron chi connectivity index (χ4n) is 2.52. The number of aromatic nitrogens is 1. The molecule has 5 nitrogen and oxygen atoms in total. The largest absolute Gasteiger partial charge is 0.366 e. The molecular weight excluding hydrogens is 262 g/mol. The third kappa shape index (κ3) is 3.37. The summed E-state index contributed by atoms with van der Waals surface area (Å²) in [5, 5.41) is 14.9. The molecule has 1 aromatic heterocycles. The van der Waals surface area contributed by atoms with E-state index in [1.165, 1.54) is 19.3 Å². The summed E-state index contributed by atoms with van der Waals surface area (Å²) in [5.41, 5.74) is 0.731. The van der Waals surface area contributed by atoms with Crippen LogP contribution in [0.15, 0.2) is 12.3 Å². The summed E-state index contributed by atoms with van der Waals surface area (Å²) in [5.74, 6) is 0.614. The standard InChI is InChI=1S/C13H19N3O2S/c1-9-8-14-13(7-11(9)16(17)18)15-10-5-3-4-6-12(10)19-2/h7-8,10,12H,3-6H2,1-2H3,(H,14,15). The van der Waals surface area contributed by atoms with Crippen LogP contribution in [-0.4, -0.2) is 27.5 Å². The number of pyridine rings is 1. The van der Waals surface area contributed by atoms with Gasteiger partial charge in [0.25, 0.3) is 5.69 Å². The number of hydrogen-bond donors (Lipinski definition) is 1. The summed E-state index contributed by atoms with van der Waals surface area (Å²) >= 11 is 1.86.